The lowest BCUT2D eigenvalue weighted by atomic mass is 10.1. The molecular formula is C11H9N3O. The molecule has 3 rings (SSSR count). The topological polar surface area (TPSA) is 61.5 Å². The van der Waals surface area contributed by atoms with E-state index in [-0.39, 0.29) is 5.56 Å². The smallest absolute Gasteiger partial charge is 0.276 e. The van der Waals surface area contributed by atoms with Gasteiger partial charge in [-0.3, -0.25) is 9.89 Å². The Labute approximate surface area is 84.9 Å². The van der Waals surface area contributed by atoms with Crippen molar-refractivity contribution in [1.29, 1.82) is 0 Å². The summed E-state index contributed by atoms with van der Waals surface area (Å²) in [6.45, 7) is 2.00. The molecule has 0 aliphatic carbocycles. The van der Waals surface area contributed by atoms with E-state index in [0.29, 0.717) is 5.52 Å². The maximum Gasteiger partial charge on any atom is 0.276 e. The van der Waals surface area contributed by atoms with Gasteiger partial charge in [0.2, 0.25) is 0 Å². The predicted molar refractivity (Wildman–Crippen MR) is 59.0 cm³/mol. The van der Waals surface area contributed by atoms with Gasteiger partial charge in [-0.2, -0.15) is 5.10 Å². The summed E-state index contributed by atoms with van der Waals surface area (Å²) in [6, 6.07) is 5.98. The number of benzene rings is 1. The van der Waals surface area contributed by atoms with Gasteiger partial charge >= 0.3 is 0 Å². The van der Waals surface area contributed by atoms with Crippen LogP contribution in [-0.2, 0) is 0 Å². The van der Waals surface area contributed by atoms with Crippen molar-refractivity contribution < 1.29 is 0 Å². The number of nitrogens with one attached hydrogen (secondary N) is 2. The predicted octanol–water partition coefficient (Wildman–Crippen LogP) is 1.71. The van der Waals surface area contributed by atoms with Gasteiger partial charge < -0.3 is 4.98 Å². The molecule has 1 aromatic carbocycles. The van der Waals surface area contributed by atoms with E-state index in [9.17, 15) is 4.79 Å². The second-order valence-corrected chi connectivity index (χ2v) is 3.65. The molecule has 0 amide bonds. The van der Waals surface area contributed by atoms with Crippen molar-refractivity contribution in [2.24, 2.45) is 0 Å². The van der Waals surface area contributed by atoms with Crippen LogP contribution < -0.4 is 5.56 Å². The van der Waals surface area contributed by atoms with Gasteiger partial charge in [-0.15, -0.1) is 0 Å². The second-order valence-electron chi connectivity index (χ2n) is 3.65. The van der Waals surface area contributed by atoms with Gasteiger partial charge in [0, 0.05) is 22.5 Å². The number of nitrogens with zero attached hydrogens (tertiary/aromatic N) is 1. The molecule has 0 saturated carbocycles. The van der Waals surface area contributed by atoms with Crippen LogP contribution in [0.5, 0.6) is 0 Å². The number of hydrogen-bond acceptors (Lipinski definition) is 2. The lowest BCUT2D eigenvalue weighted by Gasteiger charge is -1.99. The average molecular weight is 199 g/mol. The highest BCUT2D eigenvalue weighted by Gasteiger charge is 2.06. The Balaban J connectivity index is 2.66. The van der Waals surface area contributed by atoms with Crippen molar-refractivity contribution in [1.82, 2.24) is 15.2 Å². The molecular weight excluding hydrogens is 190 g/mol. The first-order valence-corrected chi connectivity index (χ1v) is 4.72. The molecule has 0 saturated heterocycles. The fraction of sp³-hybridized carbons (Fsp3) is 0.0909. The molecule has 2 heterocycles. The minimum atomic E-state index is -0.149. The molecule has 15 heavy (non-hydrogen) atoms. The van der Waals surface area contributed by atoms with E-state index in [1.807, 2.05) is 25.1 Å². The molecule has 4 nitrogen and oxygen atoms in total. The van der Waals surface area contributed by atoms with Gasteiger partial charge in [-0.05, 0) is 18.6 Å². The normalized spacial score (nSPS) is 11.3. The van der Waals surface area contributed by atoms with E-state index in [4.69, 9.17) is 0 Å². The largest absolute Gasteiger partial charge is 0.320 e. The molecule has 2 N–H and O–H groups in total. The molecule has 4 heteroatoms. The van der Waals surface area contributed by atoms with E-state index in [0.717, 1.165) is 21.9 Å². The van der Waals surface area contributed by atoms with Crippen molar-refractivity contribution in [3.63, 3.8) is 0 Å². The van der Waals surface area contributed by atoms with Crippen LogP contribution in [0.1, 0.15) is 5.56 Å². The highest BCUT2D eigenvalue weighted by Crippen LogP contribution is 2.19. The van der Waals surface area contributed by atoms with Crippen LogP contribution >= 0.6 is 0 Å². The highest BCUT2D eigenvalue weighted by molar-refractivity contribution is 6.03. The third-order valence-corrected chi connectivity index (χ3v) is 2.57. The van der Waals surface area contributed by atoms with Crippen LogP contribution in [0.25, 0.3) is 21.8 Å². The van der Waals surface area contributed by atoms with Gasteiger partial charge in [-0.25, -0.2) is 0 Å². The number of H-pyrrole nitrogens is 2. The Morgan fingerprint density at radius 3 is 3.00 bits per heavy atom. The Hall–Kier alpha value is -2.10. The highest BCUT2D eigenvalue weighted by atomic mass is 16.1. The molecule has 0 aliphatic rings. The number of aryl methyl sites for hydroxylation is 1. The van der Waals surface area contributed by atoms with Crippen LogP contribution in [-0.4, -0.2) is 15.2 Å². The lowest BCUT2D eigenvalue weighted by molar-refractivity contribution is 1.11. The summed E-state index contributed by atoms with van der Waals surface area (Å²) in [4.78, 5) is 14.4. The molecule has 0 unspecified atom stereocenters. The lowest BCUT2D eigenvalue weighted by Crippen LogP contribution is -2.06. The molecule has 0 spiro atoms. The summed E-state index contributed by atoms with van der Waals surface area (Å²) in [6.07, 6.45) is 1.75. The van der Waals surface area contributed by atoms with Crippen LogP contribution in [0, 0.1) is 6.92 Å². The number of pyridine rings is 1. The maximum absolute atomic E-state index is 11.6. The van der Waals surface area contributed by atoms with Crippen molar-refractivity contribution >= 4 is 21.8 Å². The van der Waals surface area contributed by atoms with Crippen molar-refractivity contribution in [2.75, 3.05) is 0 Å². The number of fused-ring (bicyclic) bond motifs is 3. The van der Waals surface area contributed by atoms with E-state index < -0.39 is 0 Å². The first-order chi connectivity index (χ1) is 7.25. The standard InChI is InChI=1S/C11H9N3O/c1-6-2-3-7-8-5-12-14-10(8)11(15)13-9(7)4-6/h2-5H,1H3,(H,12,14)(H,13,15). The SMILES string of the molecule is Cc1ccc2c(c1)[nH]c(=O)c1n[nH]cc12. The fourth-order valence-corrected chi connectivity index (χ4v) is 1.85. The van der Waals surface area contributed by atoms with Crippen LogP contribution in [0.3, 0.4) is 0 Å². The molecule has 3 aromatic rings. The number of hydrogen-bond donors (Lipinski definition) is 2. The zero-order valence-electron chi connectivity index (χ0n) is 8.16. The third-order valence-electron chi connectivity index (χ3n) is 2.57. The van der Waals surface area contributed by atoms with Crippen LogP contribution in [0.2, 0.25) is 0 Å². The minimum Gasteiger partial charge on any atom is -0.320 e. The Bertz CT molecular complexity index is 708. The van der Waals surface area contributed by atoms with Crippen molar-refractivity contribution in [3.05, 3.63) is 40.3 Å². The summed E-state index contributed by atoms with van der Waals surface area (Å²) in [5.74, 6) is 0. The molecule has 0 bridgehead atoms. The summed E-state index contributed by atoms with van der Waals surface area (Å²) in [5.41, 5.74) is 2.30. The minimum absolute atomic E-state index is 0.149. The van der Waals surface area contributed by atoms with Gasteiger partial charge in [0.05, 0.1) is 0 Å². The van der Waals surface area contributed by atoms with E-state index in [1.54, 1.807) is 6.20 Å². The van der Waals surface area contributed by atoms with Gasteiger partial charge in [0.25, 0.3) is 5.56 Å². The number of rotatable bonds is 0. The Morgan fingerprint density at radius 1 is 1.27 bits per heavy atom. The van der Waals surface area contributed by atoms with Gasteiger partial charge in [0.15, 0.2) is 5.52 Å². The second kappa shape index (κ2) is 2.70. The van der Waals surface area contributed by atoms with Crippen molar-refractivity contribution in [3.8, 4) is 0 Å². The monoisotopic (exact) mass is 199 g/mol. The summed E-state index contributed by atoms with van der Waals surface area (Å²) >= 11 is 0. The van der Waals surface area contributed by atoms with Gasteiger partial charge in [-0.1, -0.05) is 12.1 Å². The fourth-order valence-electron chi connectivity index (χ4n) is 1.85. The molecule has 0 radical (unpaired) electrons. The average Bonchev–Trinajstić information content (AvgIpc) is 2.66. The van der Waals surface area contributed by atoms with Crippen molar-refractivity contribution in [2.45, 2.75) is 6.92 Å². The van der Waals surface area contributed by atoms with Crippen LogP contribution in [0.4, 0.5) is 0 Å². The molecule has 0 aliphatic heterocycles. The Morgan fingerprint density at radius 2 is 2.13 bits per heavy atom. The van der Waals surface area contributed by atoms with E-state index >= 15 is 0 Å². The first kappa shape index (κ1) is 8.23. The molecule has 0 atom stereocenters. The van der Waals surface area contributed by atoms with Crippen LogP contribution in [0.15, 0.2) is 29.2 Å². The summed E-state index contributed by atoms with van der Waals surface area (Å²) < 4.78 is 0. The van der Waals surface area contributed by atoms with E-state index in [2.05, 4.69) is 15.2 Å². The third kappa shape index (κ3) is 1.08. The maximum atomic E-state index is 11.6. The molecule has 2 aromatic heterocycles. The Kier molecular flexibility index (Phi) is 1.48. The summed E-state index contributed by atoms with van der Waals surface area (Å²) in [5, 5.41) is 8.52. The zero-order chi connectivity index (χ0) is 10.4. The molecule has 74 valence electrons. The van der Waals surface area contributed by atoms with Gasteiger partial charge in [0.1, 0.15) is 0 Å². The first-order valence-electron chi connectivity index (χ1n) is 4.72. The molecule has 0 fully saturated rings. The van der Waals surface area contributed by atoms with E-state index in [1.165, 1.54) is 0 Å². The summed E-state index contributed by atoms with van der Waals surface area (Å²) in [7, 11) is 0. The number of aromatic nitrogens is 3. The number of aromatic amines is 2. The quantitative estimate of drug-likeness (QED) is 0.579. The zero-order valence-corrected chi connectivity index (χ0v) is 8.16.